The summed E-state index contributed by atoms with van der Waals surface area (Å²) in [5, 5.41) is 19.1. The van der Waals surface area contributed by atoms with Crippen LogP contribution in [0.5, 0.6) is 0 Å². The van der Waals surface area contributed by atoms with E-state index in [0.29, 0.717) is 12.1 Å². The van der Waals surface area contributed by atoms with Crippen LogP contribution >= 0.6 is 0 Å². The summed E-state index contributed by atoms with van der Waals surface area (Å²) in [5.74, 6) is 0.0547. The summed E-state index contributed by atoms with van der Waals surface area (Å²) in [6.45, 7) is 8.93. The minimum atomic E-state index is -0.285. The predicted octanol–water partition coefficient (Wildman–Crippen LogP) is 2.77. The van der Waals surface area contributed by atoms with E-state index in [1.54, 1.807) is 11.7 Å². The molecule has 6 heteroatoms. The quantitative estimate of drug-likeness (QED) is 0.588. The van der Waals surface area contributed by atoms with E-state index in [9.17, 15) is 10.1 Å². The molecule has 0 amide bonds. The van der Waals surface area contributed by atoms with Gasteiger partial charge >= 0.3 is 5.69 Å². The number of hydrogen-bond acceptors (Lipinski definition) is 4. The van der Waals surface area contributed by atoms with Crippen LogP contribution in [0, 0.1) is 10.1 Å². The third-order valence-electron chi connectivity index (χ3n) is 3.46. The molecule has 0 aromatic carbocycles. The highest BCUT2D eigenvalue weighted by atomic mass is 16.6. The molecule has 114 valence electrons. The maximum absolute atomic E-state index is 11.4. The lowest BCUT2D eigenvalue weighted by Crippen LogP contribution is -2.31. The van der Waals surface area contributed by atoms with Crippen molar-refractivity contribution in [3.8, 4) is 0 Å². The van der Waals surface area contributed by atoms with E-state index in [4.69, 9.17) is 0 Å². The first-order valence-electron chi connectivity index (χ1n) is 7.35. The van der Waals surface area contributed by atoms with Gasteiger partial charge in [-0.2, -0.15) is 5.10 Å². The second-order valence-electron chi connectivity index (χ2n) is 5.46. The molecule has 1 unspecified atom stereocenters. The van der Waals surface area contributed by atoms with Gasteiger partial charge in [-0.1, -0.05) is 34.1 Å². The van der Waals surface area contributed by atoms with Crippen LogP contribution in [0.2, 0.25) is 0 Å². The van der Waals surface area contributed by atoms with Gasteiger partial charge in [0.25, 0.3) is 0 Å². The van der Waals surface area contributed by atoms with Gasteiger partial charge in [0.05, 0.1) is 4.92 Å². The summed E-state index contributed by atoms with van der Waals surface area (Å²) >= 11 is 0. The Bertz CT molecular complexity index is 448. The number of rotatable bonds is 8. The highest BCUT2D eigenvalue weighted by Crippen LogP contribution is 2.30. The van der Waals surface area contributed by atoms with Crippen molar-refractivity contribution >= 4 is 5.69 Å². The fourth-order valence-electron chi connectivity index (χ4n) is 2.53. The summed E-state index contributed by atoms with van der Waals surface area (Å²) in [7, 11) is 1.79. The number of likely N-dealkylation sites (N-methyl/N-ethyl adjacent to an activating group) is 1. The topological polar surface area (TPSA) is 73.0 Å². The monoisotopic (exact) mass is 282 g/mol. The van der Waals surface area contributed by atoms with Crippen molar-refractivity contribution in [3.63, 3.8) is 0 Å². The highest BCUT2D eigenvalue weighted by Gasteiger charge is 2.29. The van der Waals surface area contributed by atoms with Crippen LogP contribution < -0.4 is 5.32 Å². The van der Waals surface area contributed by atoms with E-state index >= 15 is 0 Å². The Hall–Kier alpha value is -1.43. The molecular weight excluding hydrogens is 256 g/mol. The van der Waals surface area contributed by atoms with E-state index in [2.05, 4.69) is 24.3 Å². The molecular formula is C14H26N4O2. The van der Waals surface area contributed by atoms with Crippen LogP contribution in [-0.4, -0.2) is 27.3 Å². The van der Waals surface area contributed by atoms with Crippen LogP contribution in [0.15, 0.2) is 0 Å². The van der Waals surface area contributed by atoms with Crippen molar-refractivity contribution in [1.29, 1.82) is 0 Å². The van der Waals surface area contributed by atoms with Gasteiger partial charge in [0.15, 0.2) is 0 Å². The molecule has 1 aromatic heterocycles. The van der Waals surface area contributed by atoms with E-state index in [1.807, 2.05) is 13.8 Å². The van der Waals surface area contributed by atoms with Crippen LogP contribution in [0.1, 0.15) is 57.8 Å². The van der Waals surface area contributed by atoms with Crippen LogP contribution in [-0.2, 0) is 13.5 Å². The maximum Gasteiger partial charge on any atom is 0.313 e. The Balaban J connectivity index is 3.12. The zero-order valence-corrected chi connectivity index (χ0v) is 13.1. The van der Waals surface area contributed by atoms with E-state index < -0.39 is 0 Å². The zero-order chi connectivity index (χ0) is 15.3. The lowest BCUT2D eigenvalue weighted by Gasteiger charge is -2.16. The molecule has 20 heavy (non-hydrogen) atoms. The van der Waals surface area contributed by atoms with Gasteiger partial charge in [-0.25, -0.2) is 0 Å². The molecule has 1 heterocycles. The number of aromatic nitrogens is 2. The third kappa shape index (κ3) is 3.79. The smallest absolute Gasteiger partial charge is 0.313 e. The molecule has 6 nitrogen and oxygen atoms in total. The summed E-state index contributed by atoms with van der Waals surface area (Å²) in [5.41, 5.74) is 1.50. The lowest BCUT2D eigenvalue weighted by atomic mass is 10.0. The second-order valence-corrected chi connectivity index (χ2v) is 5.46. The molecule has 1 rings (SSSR count). The SMILES string of the molecule is CCCC(Cc1c([N+](=O)[O-])c(C(C)C)nn1C)NCC. The Morgan fingerprint density at radius 2 is 2.05 bits per heavy atom. The molecule has 0 fully saturated rings. The minimum absolute atomic E-state index is 0.0547. The van der Waals surface area contributed by atoms with Gasteiger partial charge in [0.1, 0.15) is 11.4 Å². The summed E-state index contributed by atoms with van der Waals surface area (Å²) in [4.78, 5) is 11.1. The Morgan fingerprint density at radius 1 is 1.40 bits per heavy atom. The number of aryl methyl sites for hydroxylation is 1. The maximum atomic E-state index is 11.4. The summed E-state index contributed by atoms with van der Waals surface area (Å²) in [6, 6.07) is 0.263. The Morgan fingerprint density at radius 3 is 2.50 bits per heavy atom. The largest absolute Gasteiger partial charge is 0.314 e. The predicted molar refractivity (Wildman–Crippen MR) is 80.0 cm³/mol. The average molecular weight is 282 g/mol. The minimum Gasteiger partial charge on any atom is -0.314 e. The van der Waals surface area contributed by atoms with Crippen molar-refractivity contribution in [2.45, 2.75) is 58.9 Å². The van der Waals surface area contributed by atoms with Gasteiger partial charge < -0.3 is 5.32 Å². The molecule has 1 aromatic rings. The highest BCUT2D eigenvalue weighted by molar-refractivity contribution is 5.43. The molecule has 0 aliphatic heterocycles. The summed E-state index contributed by atoms with van der Waals surface area (Å²) in [6.07, 6.45) is 2.71. The number of nitro groups is 1. The molecule has 0 saturated carbocycles. The Labute approximate surface area is 120 Å². The standard InChI is InChI=1S/C14H26N4O2/c1-6-8-11(15-7-2)9-12-14(18(19)20)13(10(3)4)16-17(12)5/h10-11,15H,6-9H2,1-5H3. The zero-order valence-electron chi connectivity index (χ0n) is 13.1. The molecule has 1 atom stereocenters. The lowest BCUT2D eigenvalue weighted by molar-refractivity contribution is -0.386. The van der Waals surface area contributed by atoms with E-state index in [1.165, 1.54) is 0 Å². The number of nitrogens with one attached hydrogen (secondary N) is 1. The Kier molecular flexibility index (Phi) is 6.13. The van der Waals surface area contributed by atoms with Gasteiger partial charge in [0.2, 0.25) is 0 Å². The van der Waals surface area contributed by atoms with Crippen molar-refractivity contribution in [3.05, 3.63) is 21.5 Å². The average Bonchev–Trinajstić information content (AvgIpc) is 2.68. The summed E-state index contributed by atoms with van der Waals surface area (Å²) < 4.78 is 1.67. The van der Waals surface area contributed by atoms with Crippen molar-refractivity contribution in [1.82, 2.24) is 15.1 Å². The molecule has 0 saturated heterocycles. The molecule has 0 spiro atoms. The first-order chi connectivity index (χ1) is 9.42. The van der Waals surface area contributed by atoms with Crippen molar-refractivity contribution < 1.29 is 4.92 Å². The van der Waals surface area contributed by atoms with Crippen molar-refractivity contribution in [2.24, 2.45) is 7.05 Å². The number of nitrogens with zero attached hydrogens (tertiary/aromatic N) is 3. The molecule has 0 aliphatic rings. The fourth-order valence-corrected chi connectivity index (χ4v) is 2.53. The fraction of sp³-hybridized carbons (Fsp3) is 0.786. The number of hydrogen-bond donors (Lipinski definition) is 1. The normalized spacial score (nSPS) is 12.9. The van der Waals surface area contributed by atoms with Gasteiger partial charge in [-0.15, -0.1) is 0 Å². The van der Waals surface area contributed by atoms with Crippen LogP contribution in [0.25, 0.3) is 0 Å². The first-order valence-corrected chi connectivity index (χ1v) is 7.35. The van der Waals surface area contributed by atoms with Gasteiger partial charge in [-0.05, 0) is 13.0 Å². The molecule has 0 radical (unpaired) electrons. The van der Waals surface area contributed by atoms with Crippen LogP contribution in [0.4, 0.5) is 5.69 Å². The third-order valence-corrected chi connectivity index (χ3v) is 3.46. The first kappa shape index (κ1) is 16.6. The van der Waals surface area contributed by atoms with E-state index in [0.717, 1.165) is 25.1 Å². The molecule has 0 aliphatic carbocycles. The van der Waals surface area contributed by atoms with Crippen molar-refractivity contribution in [2.75, 3.05) is 6.54 Å². The van der Waals surface area contributed by atoms with Gasteiger partial charge in [-0.3, -0.25) is 14.8 Å². The molecule has 0 bridgehead atoms. The van der Waals surface area contributed by atoms with Crippen LogP contribution in [0.3, 0.4) is 0 Å². The van der Waals surface area contributed by atoms with Gasteiger partial charge in [0, 0.05) is 25.4 Å². The van der Waals surface area contributed by atoms with E-state index in [-0.39, 0.29) is 22.6 Å². The molecule has 1 N–H and O–H groups in total. The second kappa shape index (κ2) is 7.38.